The van der Waals surface area contributed by atoms with E-state index in [9.17, 15) is 0 Å². The predicted octanol–water partition coefficient (Wildman–Crippen LogP) is 14.6. The molecule has 0 amide bonds. The molecule has 6 nitrogen and oxygen atoms in total. The van der Waals surface area contributed by atoms with Gasteiger partial charge in [0.05, 0.1) is 16.7 Å². The van der Waals surface area contributed by atoms with E-state index < -0.39 is 0 Å². The van der Waals surface area contributed by atoms with Crippen LogP contribution in [-0.2, 0) is 0 Å². The van der Waals surface area contributed by atoms with E-state index in [-0.39, 0.29) is 0 Å². The fraction of sp³-hybridized carbons (Fsp3) is 0. The van der Waals surface area contributed by atoms with E-state index in [1.165, 1.54) is 43.8 Å². The number of aromatic nitrogens is 4. The van der Waals surface area contributed by atoms with Gasteiger partial charge in [-0.25, -0.2) is 15.0 Å². The molecule has 0 aliphatic heterocycles. The van der Waals surface area contributed by atoms with Gasteiger partial charge in [0.25, 0.3) is 0 Å². The largest absolute Gasteiger partial charge is 0.456 e. The molecular formula is C55H30N4O2. The summed E-state index contributed by atoms with van der Waals surface area (Å²) in [6, 6.07) is 63.7. The molecule has 13 aromatic rings. The predicted molar refractivity (Wildman–Crippen MR) is 247 cm³/mol. The number of para-hydroxylation sites is 2. The molecule has 14 rings (SSSR count). The van der Waals surface area contributed by atoms with Gasteiger partial charge in [-0.1, -0.05) is 133 Å². The summed E-state index contributed by atoms with van der Waals surface area (Å²) in [5.41, 5.74) is 14.0. The van der Waals surface area contributed by atoms with Crippen molar-refractivity contribution in [3.05, 3.63) is 182 Å². The van der Waals surface area contributed by atoms with Gasteiger partial charge in [-0.15, -0.1) is 0 Å². The van der Waals surface area contributed by atoms with Crippen LogP contribution in [0.2, 0.25) is 0 Å². The van der Waals surface area contributed by atoms with E-state index in [1.807, 2.05) is 66.7 Å². The molecule has 0 N–H and O–H groups in total. The average Bonchev–Trinajstić information content (AvgIpc) is 3.98. The molecule has 1 aliphatic carbocycles. The molecule has 0 saturated heterocycles. The third-order valence-electron chi connectivity index (χ3n) is 12.6. The van der Waals surface area contributed by atoms with Crippen molar-refractivity contribution in [2.24, 2.45) is 0 Å². The van der Waals surface area contributed by atoms with E-state index in [2.05, 4.69) is 120 Å². The van der Waals surface area contributed by atoms with Gasteiger partial charge in [-0.3, -0.25) is 0 Å². The van der Waals surface area contributed by atoms with Gasteiger partial charge in [0.2, 0.25) is 0 Å². The number of nitrogens with zero attached hydrogens (tertiary/aromatic N) is 4. The molecule has 0 fully saturated rings. The van der Waals surface area contributed by atoms with Gasteiger partial charge in [-0.05, 0) is 81.6 Å². The molecule has 0 saturated carbocycles. The number of rotatable bonds is 4. The minimum Gasteiger partial charge on any atom is -0.456 e. The van der Waals surface area contributed by atoms with Crippen molar-refractivity contribution in [2.45, 2.75) is 0 Å². The first-order valence-electron chi connectivity index (χ1n) is 20.5. The highest BCUT2D eigenvalue weighted by atomic mass is 16.3. The van der Waals surface area contributed by atoms with Gasteiger partial charge in [0, 0.05) is 49.0 Å². The monoisotopic (exact) mass is 778 g/mol. The number of benzene rings is 9. The van der Waals surface area contributed by atoms with E-state index in [1.54, 1.807) is 0 Å². The van der Waals surface area contributed by atoms with Crippen LogP contribution in [0, 0.1) is 0 Å². The molecule has 0 atom stereocenters. The highest BCUT2D eigenvalue weighted by Crippen LogP contribution is 2.50. The highest BCUT2D eigenvalue weighted by Gasteiger charge is 2.27. The van der Waals surface area contributed by atoms with Crippen molar-refractivity contribution in [3.8, 4) is 62.1 Å². The van der Waals surface area contributed by atoms with Crippen LogP contribution in [0.25, 0.3) is 139 Å². The molecule has 0 spiro atoms. The lowest BCUT2D eigenvalue weighted by molar-refractivity contribution is 0.666. The third kappa shape index (κ3) is 4.53. The molecule has 0 unspecified atom stereocenters. The van der Waals surface area contributed by atoms with Crippen molar-refractivity contribution < 1.29 is 8.83 Å². The highest BCUT2D eigenvalue weighted by molar-refractivity contribution is 6.31. The van der Waals surface area contributed by atoms with Crippen LogP contribution in [-0.4, -0.2) is 19.5 Å². The molecule has 9 aromatic carbocycles. The zero-order valence-corrected chi connectivity index (χ0v) is 32.4. The van der Waals surface area contributed by atoms with Gasteiger partial charge in [-0.2, -0.15) is 0 Å². The maximum Gasteiger partial charge on any atom is 0.164 e. The second-order valence-corrected chi connectivity index (χ2v) is 15.9. The van der Waals surface area contributed by atoms with E-state index >= 15 is 0 Å². The van der Waals surface area contributed by atoms with Crippen LogP contribution in [0.15, 0.2) is 191 Å². The summed E-state index contributed by atoms with van der Waals surface area (Å²) in [7, 11) is 0. The second-order valence-electron chi connectivity index (χ2n) is 15.9. The molecule has 0 radical (unpaired) electrons. The summed E-state index contributed by atoms with van der Waals surface area (Å²) in [5, 5.41) is 9.05. The van der Waals surface area contributed by atoms with Crippen LogP contribution in [0.4, 0.5) is 0 Å². The summed E-state index contributed by atoms with van der Waals surface area (Å²) in [5.74, 6) is 1.70. The van der Waals surface area contributed by atoms with Crippen LogP contribution < -0.4 is 0 Å². The van der Waals surface area contributed by atoms with E-state index in [0.717, 1.165) is 77.3 Å². The Bertz CT molecular complexity index is 4010. The Morgan fingerprint density at radius 2 is 0.984 bits per heavy atom. The van der Waals surface area contributed by atoms with Crippen LogP contribution in [0.1, 0.15) is 0 Å². The van der Waals surface area contributed by atoms with Crippen LogP contribution in [0.5, 0.6) is 0 Å². The third-order valence-corrected chi connectivity index (χ3v) is 12.6. The lowest BCUT2D eigenvalue weighted by Crippen LogP contribution is -2.01. The Balaban J connectivity index is 1.05. The molecule has 1 aliphatic rings. The minimum absolute atomic E-state index is 0.558. The Morgan fingerprint density at radius 1 is 0.344 bits per heavy atom. The molecule has 61 heavy (non-hydrogen) atoms. The standard InChI is InChI=1S/C55H30N4O2/c1-2-12-32(13-3-1)53-56-54(33-24-26-37-36-17-6-8-22-45(36)60-47(37)30-33)58-55(57-53)41-27-29-44(52-49(41)40-18-7-9-23-46(40)61-52)59-42-21-11-20-39-35-16-5-4-15-34(35)38-19-10-14-31-25-28-43(59)51(48(31)38)50(39)42/h1-30H. The van der Waals surface area contributed by atoms with Crippen molar-refractivity contribution in [1.82, 2.24) is 19.5 Å². The van der Waals surface area contributed by atoms with Gasteiger partial charge >= 0.3 is 0 Å². The Hall–Kier alpha value is -8.35. The van der Waals surface area contributed by atoms with Gasteiger partial charge < -0.3 is 13.4 Å². The normalized spacial score (nSPS) is 12.3. The quantitative estimate of drug-likeness (QED) is 0.178. The Labute approximate surface area is 347 Å². The average molecular weight is 779 g/mol. The lowest BCUT2D eigenvalue weighted by atomic mass is 9.93. The molecule has 0 bridgehead atoms. The smallest absolute Gasteiger partial charge is 0.164 e. The van der Waals surface area contributed by atoms with Crippen LogP contribution in [0.3, 0.4) is 0 Å². The first-order chi connectivity index (χ1) is 30.2. The Morgan fingerprint density at radius 3 is 1.82 bits per heavy atom. The van der Waals surface area contributed by atoms with Crippen LogP contribution >= 0.6 is 0 Å². The lowest BCUT2D eigenvalue weighted by Gasteiger charge is -2.14. The zero-order chi connectivity index (χ0) is 39.8. The summed E-state index contributed by atoms with van der Waals surface area (Å²) in [6.45, 7) is 0. The second kappa shape index (κ2) is 12.1. The first kappa shape index (κ1) is 32.6. The molecule has 4 heterocycles. The number of fused-ring (bicyclic) bond motifs is 9. The topological polar surface area (TPSA) is 69.9 Å². The maximum absolute atomic E-state index is 6.98. The minimum atomic E-state index is 0.558. The first-order valence-corrected chi connectivity index (χ1v) is 20.5. The Kier molecular flexibility index (Phi) is 6.46. The fourth-order valence-electron chi connectivity index (χ4n) is 9.97. The number of furan rings is 2. The van der Waals surface area contributed by atoms with Crippen molar-refractivity contribution in [3.63, 3.8) is 0 Å². The van der Waals surface area contributed by atoms with E-state index in [4.69, 9.17) is 23.8 Å². The molecular weight excluding hydrogens is 749 g/mol. The molecule has 6 heteroatoms. The number of hydrogen-bond donors (Lipinski definition) is 0. The van der Waals surface area contributed by atoms with Crippen molar-refractivity contribution in [2.75, 3.05) is 0 Å². The summed E-state index contributed by atoms with van der Waals surface area (Å²) in [6.07, 6.45) is 0. The summed E-state index contributed by atoms with van der Waals surface area (Å²) < 4.78 is 15.7. The fourth-order valence-corrected chi connectivity index (χ4v) is 9.97. The summed E-state index contributed by atoms with van der Waals surface area (Å²) in [4.78, 5) is 15.6. The zero-order valence-electron chi connectivity index (χ0n) is 32.4. The molecule has 282 valence electrons. The summed E-state index contributed by atoms with van der Waals surface area (Å²) >= 11 is 0. The maximum atomic E-state index is 6.98. The van der Waals surface area contributed by atoms with Gasteiger partial charge in [0.1, 0.15) is 16.7 Å². The van der Waals surface area contributed by atoms with E-state index in [0.29, 0.717) is 17.5 Å². The SMILES string of the molecule is c1ccc(-c2nc(-c3ccc4c(c3)oc3ccccc34)nc(-c3ccc(-n4c5cccc6c5c5c7c(cccc7ccc54)-c4ccccc4-6)c4oc5ccccc5c34)n2)cc1. The molecule has 4 aromatic heterocycles. The van der Waals surface area contributed by atoms with Crippen molar-refractivity contribution in [1.29, 1.82) is 0 Å². The number of hydrogen-bond acceptors (Lipinski definition) is 5. The van der Waals surface area contributed by atoms with Gasteiger partial charge in [0.15, 0.2) is 23.1 Å². The van der Waals surface area contributed by atoms with Crippen molar-refractivity contribution >= 4 is 76.5 Å².